The zero-order valence-corrected chi connectivity index (χ0v) is 16.7. The number of rotatable bonds is 4. The highest BCUT2D eigenvalue weighted by Gasteiger charge is 2.49. The molecule has 1 aliphatic heterocycles. The molecule has 1 aromatic heterocycles. The Balaban J connectivity index is 1.53. The lowest BCUT2D eigenvalue weighted by atomic mass is 9.92. The summed E-state index contributed by atoms with van der Waals surface area (Å²) in [4.78, 5) is 30.4. The number of aromatic nitrogens is 2. The molecule has 1 N–H and O–H groups in total. The van der Waals surface area contributed by atoms with E-state index in [1.165, 1.54) is 12.1 Å². The van der Waals surface area contributed by atoms with Gasteiger partial charge in [0, 0.05) is 10.6 Å². The van der Waals surface area contributed by atoms with Crippen molar-refractivity contribution in [2.24, 2.45) is 0 Å². The van der Waals surface area contributed by atoms with E-state index in [2.05, 4.69) is 15.5 Å². The van der Waals surface area contributed by atoms with Crippen LogP contribution in [0.25, 0.3) is 11.4 Å². The van der Waals surface area contributed by atoms with E-state index in [0.717, 1.165) is 17.0 Å². The minimum atomic E-state index is -4.46. The van der Waals surface area contributed by atoms with Crippen LogP contribution < -0.4 is 5.32 Å². The minimum absolute atomic E-state index is 0.0355. The summed E-state index contributed by atoms with van der Waals surface area (Å²) in [6, 6.07) is 10.1. The molecule has 7 nitrogen and oxygen atoms in total. The van der Waals surface area contributed by atoms with Crippen LogP contribution in [0.2, 0.25) is 5.02 Å². The van der Waals surface area contributed by atoms with Gasteiger partial charge in [0.05, 0.1) is 5.56 Å². The fraction of sp³-hybridized carbons (Fsp3) is 0.200. The quantitative estimate of drug-likeness (QED) is 0.596. The van der Waals surface area contributed by atoms with Crippen molar-refractivity contribution in [3.05, 3.63) is 70.6 Å². The summed E-state index contributed by atoms with van der Waals surface area (Å²) in [7, 11) is 0. The highest BCUT2D eigenvalue weighted by atomic mass is 35.5. The Kier molecular flexibility index (Phi) is 4.97. The van der Waals surface area contributed by atoms with Crippen molar-refractivity contribution in [2.45, 2.75) is 25.2 Å². The van der Waals surface area contributed by atoms with Crippen LogP contribution in [0.4, 0.5) is 18.0 Å². The molecule has 0 saturated carbocycles. The fourth-order valence-corrected chi connectivity index (χ4v) is 3.41. The Morgan fingerprint density at radius 2 is 1.87 bits per heavy atom. The van der Waals surface area contributed by atoms with Crippen molar-refractivity contribution in [3.8, 4) is 11.4 Å². The van der Waals surface area contributed by atoms with Gasteiger partial charge in [0.25, 0.3) is 5.91 Å². The summed E-state index contributed by atoms with van der Waals surface area (Å²) in [5.41, 5.74) is -1.32. The molecule has 2 heterocycles. The second-order valence-electron chi connectivity index (χ2n) is 7.04. The summed E-state index contributed by atoms with van der Waals surface area (Å²) < 4.78 is 43.2. The smallest absolute Gasteiger partial charge is 0.337 e. The summed E-state index contributed by atoms with van der Waals surface area (Å²) in [5.74, 6) is -0.545. The number of nitrogens with zero attached hydrogens (tertiary/aromatic N) is 3. The molecule has 11 heteroatoms. The van der Waals surface area contributed by atoms with Gasteiger partial charge in [0.15, 0.2) is 0 Å². The molecule has 1 saturated heterocycles. The van der Waals surface area contributed by atoms with E-state index in [0.29, 0.717) is 16.1 Å². The van der Waals surface area contributed by atoms with Crippen LogP contribution in [-0.4, -0.2) is 27.0 Å². The molecule has 0 spiro atoms. The van der Waals surface area contributed by atoms with Crippen LogP contribution in [-0.2, 0) is 23.1 Å². The first-order valence-corrected chi connectivity index (χ1v) is 9.36. The number of carbonyl (C=O) groups excluding carboxylic acids is 2. The van der Waals surface area contributed by atoms with Gasteiger partial charge in [-0.15, -0.1) is 0 Å². The van der Waals surface area contributed by atoms with Gasteiger partial charge >= 0.3 is 12.2 Å². The zero-order valence-electron chi connectivity index (χ0n) is 15.9. The Hall–Kier alpha value is -3.40. The van der Waals surface area contributed by atoms with E-state index in [1.54, 1.807) is 31.2 Å². The van der Waals surface area contributed by atoms with Crippen LogP contribution in [0.1, 0.15) is 23.9 Å². The Morgan fingerprint density at radius 3 is 2.52 bits per heavy atom. The third-order valence-corrected chi connectivity index (χ3v) is 5.14. The molecule has 3 amide bonds. The number of nitrogens with one attached hydrogen (secondary N) is 1. The number of amides is 3. The Labute approximate surface area is 178 Å². The summed E-state index contributed by atoms with van der Waals surface area (Å²) in [6.45, 7) is 1.26. The second kappa shape index (κ2) is 7.38. The maximum atomic E-state index is 13.0. The van der Waals surface area contributed by atoms with Crippen LogP contribution >= 0.6 is 11.6 Å². The van der Waals surface area contributed by atoms with Crippen LogP contribution in [0.15, 0.2) is 53.1 Å². The molecule has 31 heavy (non-hydrogen) atoms. The molecular formula is C20H14ClF3N4O3. The maximum Gasteiger partial charge on any atom is 0.416 e. The molecular weight excluding hydrogens is 437 g/mol. The second-order valence-corrected chi connectivity index (χ2v) is 7.48. The van der Waals surface area contributed by atoms with Gasteiger partial charge in [-0.25, -0.2) is 4.79 Å². The van der Waals surface area contributed by atoms with Gasteiger partial charge in [-0.1, -0.05) is 41.0 Å². The number of alkyl halides is 3. The van der Waals surface area contributed by atoms with Crippen molar-refractivity contribution in [1.82, 2.24) is 20.4 Å². The number of halogens is 4. The fourth-order valence-electron chi connectivity index (χ4n) is 3.22. The number of carbonyl (C=O) groups is 2. The molecule has 1 unspecified atom stereocenters. The molecule has 0 bridgehead atoms. The first-order valence-electron chi connectivity index (χ1n) is 8.98. The van der Waals surface area contributed by atoms with E-state index in [1.807, 2.05) is 0 Å². The van der Waals surface area contributed by atoms with Gasteiger partial charge in [-0.05, 0) is 36.8 Å². The molecule has 4 rings (SSSR count). The topological polar surface area (TPSA) is 88.3 Å². The van der Waals surface area contributed by atoms with Gasteiger partial charge in [0.1, 0.15) is 12.1 Å². The van der Waals surface area contributed by atoms with Crippen molar-refractivity contribution >= 4 is 23.5 Å². The van der Waals surface area contributed by atoms with Gasteiger partial charge in [-0.2, -0.15) is 18.2 Å². The lowest BCUT2D eigenvalue weighted by Crippen LogP contribution is -2.40. The zero-order chi connectivity index (χ0) is 22.4. The Bertz CT molecular complexity index is 1160. The average Bonchev–Trinajstić information content (AvgIpc) is 3.27. The summed E-state index contributed by atoms with van der Waals surface area (Å²) in [6.07, 6.45) is -4.46. The molecule has 2 aromatic carbocycles. The van der Waals surface area contributed by atoms with Gasteiger partial charge in [0.2, 0.25) is 11.7 Å². The maximum absolute atomic E-state index is 13.0. The summed E-state index contributed by atoms with van der Waals surface area (Å²) >= 11 is 6.00. The molecule has 0 radical (unpaired) electrons. The number of hydrogen-bond donors (Lipinski definition) is 1. The number of benzene rings is 2. The normalized spacial score (nSPS) is 19.1. The number of imide groups is 1. The Morgan fingerprint density at radius 1 is 1.16 bits per heavy atom. The van der Waals surface area contributed by atoms with E-state index in [9.17, 15) is 22.8 Å². The highest BCUT2D eigenvalue weighted by molar-refractivity contribution is 6.30. The first kappa shape index (κ1) is 20.9. The van der Waals surface area contributed by atoms with Crippen LogP contribution in [0.3, 0.4) is 0 Å². The number of urea groups is 1. The molecule has 1 atom stereocenters. The van der Waals surface area contributed by atoms with Crippen molar-refractivity contribution in [2.75, 3.05) is 0 Å². The molecule has 160 valence electrons. The van der Waals surface area contributed by atoms with Gasteiger partial charge in [-0.3, -0.25) is 9.69 Å². The third kappa shape index (κ3) is 3.86. The molecule has 0 aliphatic carbocycles. The number of hydrogen-bond acceptors (Lipinski definition) is 5. The van der Waals surface area contributed by atoms with E-state index < -0.39 is 29.2 Å². The van der Waals surface area contributed by atoms with Gasteiger partial charge < -0.3 is 9.84 Å². The van der Waals surface area contributed by atoms with E-state index >= 15 is 0 Å². The largest absolute Gasteiger partial charge is 0.416 e. The molecule has 1 fully saturated rings. The standard InChI is InChI=1S/C20H14ClF3N4O3/c1-19(13-3-2-4-14(21)9-13)17(29)28(18(30)26-19)10-15-25-16(27-31-15)11-5-7-12(8-6-11)20(22,23)24/h2-9H,10H2,1H3,(H,26,30). The average molecular weight is 451 g/mol. The van der Waals surface area contributed by atoms with Crippen LogP contribution in [0, 0.1) is 0 Å². The molecule has 3 aromatic rings. The van der Waals surface area contributed by atoms with E-state index in [-0.39, 0.29) is 18.3 Å². The first-order chi connectivity index (χ1) is 14.6. The highest BCUT2D eigenvalue weighted by Crippen LogP contribution is 2.32. The summed E-state index contributed by atoms with van der Waals surface area (Å²) in [5, 5.41) is 6.77. The van der Waals surface area contributed by atoms with Crippen molar-refractivity contribution in [1.29, 1.82) is 0 Å². The molecule has 1 aliphatic rings. The minimum Gasteiger partial charge on any atom is -0.337 e. The van der Waals surface area contributed by atoms with Crippen molar-refractivity contribution < 1.29 is 27.3 Å². The lowest BCUT2D eigenvalue weighted by molar-refractivity contribution is -0.137. The SMILES string of the molecule is CC1(c2cccc(Cl)c2)NC(=O)N(Cc2nc(-c3ccc(C(F)(F)F)cc3)no2)C1=O. The van der Waals surface area contributed by atoms with E-state index in [4.69, 9.17) is 16.1 Å². The lowest BCUT2D eigenvalue weighted by Gasteiger charge is -2.22. The predicted octanol–water partition coefficient (Wildman–Crippen LogP) is 4.38. The monoisotopic (exact) mass is 450 g/mol. The third-order valence-electron chi connectivity index (χ3n) is 4.91. The van der Waals surface area contributed by atoms with Crippen molar-refractivity contribution in [3.63, 3.8) is 0 Å². The van der Waals surface area contributed by atoms with Crippen LogP contribution in [0.5, 0.6) is 0 Å². The predicted molar refractivity (Wildman–Crippen MR) is 103 cm³/mol.